The predicted molar refractivity (Wildman–Crippen MR) is 141 cm³/mol. The van der Waals surface area contributed by atoms with E-state index in [-0.39, 0.29) is 30.2 Å². The van der Waals surface area contributed by atoms with Crippen LogP contribution in [0.15, 0.2) is 53.6 Å². The first-order valence-electron chi connectivity index (χ1n) is 11.1. The third-order valence-corrected chi connectivity index (χ3v) is 6.80. The summed E-state index contributed by atoms with van der Waals surface area (Å²) in [5, 5.41) is 20.1. The molecule has 0 aliphatic carbocycles. The van der Waals surface area contributed by atoms with E-state index in [4.69, 9.17) is 32.0 Å². The number of aliphatic hydroxyl groups is 1. The van der Waals surface area contributed by atoms with E-state index >= 15 is 0 Å². The molecule has 0 aliphatic rings. The van der Waals surface area contributed by atoms with Gasteiger partial charge >= 0.3 is 0 Å². The Kier molecular flexibility index (Phi) is 7.33. The van der Waals surface area contributed by atoms with Crippen molar-refractivity contribution in [3.8, 4) is 22.9 Å². The van der Waals surface area contributed by atoms with Gasteiger partial charge in [0.05, 0.1) is 23.2 Å². The van der Waals surface area contributed by atoms with Gasteiger partial charge in [-0.15, -0.1) is 11.8 Å². The van der Waals surface area contributed by atoms with Gasteiger partial charge in [-0.25, -0.2) is 4.98 Å². The number of benzene rings is 2. The number of thioether (sulfide) groups is 1. The number of nitrogens with two attached hydrogens (primary N) is 3. The summed E-state index contributed by atoms with van der Waals surface area (Å²) in [7, 11) is 1.64. The standard InChI is InChI=1S/C26H24N6O4S/c1-32-22(24(30)35)21(28)20-19(15-5-7-17(8-6-15)36-10-9-33)18(12-27)26(31-25(20)32)37-13-14-3-2-4-16(11-14)23(29)34/h2-8,11,33H,9-10,13,28H2,1H3,(H2,29,34)(H2,30,35). The number of aryl methyl sites for hydroxylation is 1. The van der Waals surface area contributed by atoms with Crippen LogP contribution >= 0.6 is 11.8 Å². The smallest absolute Gasteiger partial charge is 0.267 e. The van der Waals surface area contributed by atoms with Gasteiger partial charge in [0.1, 0.15) is 34.8 Å². The van der Waals surface area contributed by atoms with Crippen LogP contribution in [-0.2, 0) is 12.8 Å². The second-order valence-electron chi connectivity index (χ2n) is 8.11. The number of aromatic nitrogens is 2. The number of fused-ring (bicyclic) bond motifs is 1. The number of rotatable bonds is 9. The van der Waals surface area contributed by atoms with Crippen LogP contribution in [0.1, 0.15) is 32.0 Å². The first kappa shape index (κ1) is 25.6. The molecule has 2 aromatic heterocycles. The number of carbonyl (C=O) groups is 2. The minimum atomic E-state index is -0.715. The number of nitrogens with zero attached hydrogens (tertiary/aromatic N) is 3. The van der Waals surface area contributed by atoms with Crippen LogP contribution in [0.3, 0.4) is 0 Å². The maximum Gasteiger partial charge on any atom is 0.267 e. The quantitative estimate of drug-likeness (QED) is 0.245. The van der Waals surface area contributed by atoms with Gasteiger partial charge < -0.3 is 31.6 Å². The Labute approximate surface area is 216 Å². The van der Waals surface area contributed by atoms with E-state index in [0.29, 0.717) is 44.3 Å². The normalized spacial score (nSPS) is 10.8. The van der Waals surface area contributed by atoms with E-state index in [1.165, 1.54) is 16.3 Å². The summed E-state index contributed by atoms with van der Waals surface area (Å²) in [4.78, 5) is 28.5. The first-order valence-corrected chi connectivity index (χ1v) is 12.1. The number of nitriles is 1. The Morgan fingerprint density at radius 3 is 2.51 bits per heavy atom. The van der Waals surface area contributed by atoms with Crippen molar-refractivity contribution in [2.45, 2.75) is 10.8 Å². The van der Waals surface area contributed by atoms with Gasteiger partial charge in [-0.2, -0.15) is 5.26 Å². The molecule has 4 rings (SSSR count). The van der Waals surface area contributed by atoms with Crippen LogP contribution < -0.4 is 21.9 Å². The lowest BCUT2D eigenvalue weighted by atomic mass is 9.98. The zero-order chi connectivity index (χ0) is 26.7. The molecule has 37 heavy (non-hydrogen) atoms. The van der Waals surface area contributed by atoms with Gasteiger partial charge in [-0.1, -0.05) is 24.3 Å². The van der Waals surface area contributed by atoms with E-state index < -0.39 is 11.8 Å². The number of anilines is 1. The summed E-state index contributed by atoms with van der Waals surface area (Å²) in [5.74, 6) is -0.294. The molecule has 0 fully saturated rings. The van der Waals surface area contributed by atoms with Gasteiger partial charge in [-0.05, 0) is 35.4 Å². The van der Waals surface area contributed by atoms with Crippen molar-refractivity contribution < 1.29 is 19.4 Å². The third kappa shape index (κ3) is 4.93. The molecule has 11 heteroatoms. The van der Waals surface area contributed by atoms with E-state index in [2.05, 4.69) is 6.07 Å². The van der Waals surface area contributed by atoms with E-state index in [9.17, 15) is 14.9 Å². The Bertz CT molecular complexity index is 1560. The molecule has 0 radical (unpaired) electrons. The van der Waals surface area contributed by atoms with Crippen LogP contribution in [0.25, 0.3) is 22.2 Å². The number of primary amides is 2. The molecule has 0 saturated heterocycles. The second-order valence-corrected chi connectivity index (χ2v) is 9.08. The molecule has 7 N–H and O–H groups in total. The minimum absolute atomic E-state index is 0.0897. The summed E-state index contributed by atoms with van der Waals surface area (Å²) < 4.78 is 6.97. The Hall–Kier alpha value is -4.53. The number of amides is 2. The highest BCUT2D eigenvalue weighted by molar-refractivity contribution is 7.98. The summed E-state index contributed by atoms with van der Waals surface area (Å²) in [6.07, 6.45) is 0. The SMILES string of the molecule is Cn1c(C(N)=O)c(N)c2c(-c3ccc(OCCO)cc3)c(C#N)c(SCc3cccc(C(N)=O)c3)nc21. The molecule has 10 nitrogen and oxygen atoms in total. The number of aliphatic hydroxyl groups excluding tert-OH is 1. The second kappa shape index (κ2) is 10.6. The minimum Gasteiger partial charge on any atom is -0.491 e. The molecule has 0 spiro atoms. The molecule has 0 atom stereocenters. The molecule has 4 aromatic rings. The summed E-state index contributed by atoms with van der Waals surface area (Å²) in [6, 6.07) is 16.1. The lowest BCUT2D eigenvalue weighted by molar-refractivity contribution is 0.0988. The molecule has 0 unspecified atom stereocenters. The van der Waals surface area contributed by atoms with Crippen LogP contribution in [0.5, 0.6) is 5.75 Å². The zero-order valence-corrected chi connectivity index (χ0v) is 20.7. The van der Waals surface area contributed by atoms with E-state index in [1.807, 2.05) is 6.07 Å². The molecule has 2 aromatic carbocycles. The maximum atomic E-state index is 12.2. The zero-order valence-electron chi connectivity index (χ0n) is 19.9. The number of pyridine rings is 1. The fourth-order valence-electron chi connectivity index (χ4n) is 4.10. The van der Waals surface area contributed by atoms with Gasteiger partial charge in [0.2, 0.25) is 5.91 Å². The van der Waals surface area contributed by atoms with Crippen molar-refractivity contribution in [3.63, 3.8) is 0 Å². The van der Waals surface area contributed by atoms with Crippen molar-refractivity contribution in [1.29, 1.82) is 5.26 Å². The van der Waals surface area contributed by atoms with Gasteiger partial charge in [0.25, 0.3) is 5.91 Å². The fourth-order valence-corrected chi connectivity index (χ4v) is 5.02. The van der Waals surface area contributed by atoms with Crippen molar-refractivity contribution >= 4 is 40.3 Å². The molecule has 0 aliphatic heterocycles. The highest BCUT2D eigenvalue weighted by Gasteiger charge is 2.26. The molecule has 2 heterocycles. The summed E-state index contributed by atoms with van der Waals surface area (Å²) in [6.45, 7) is 0.0261. The van der Waals surface area contributed by atoms with Crippen LogP contribution in [0.4, 0.5) is 5.69 Å². The Balaban J connectivity index is 1.89. The van der Waals surface area contributed by atoms with E-state index in [0.717, 1.165) is 5.56 Å². The third-order valence-electron chi connectivity index (χ3n) is 5.76. The first-order chi connectivity index (χ1) is 17.8. The van der Waals surface area contributed by atoms with Crippen molar-refractivity contribution in [1.82, 2.24) is 9.55 Å². The number of carbonyl (C=O) groups excluding carboxylic acids is 2. The van der Waals surface area contributed by atoms with Crippen LogP contribution in [0, 0.1) is 11.3 Å². The molecular formula is C26H24N6O4S. The lowest BCUT2D eigenvalue weighted by Gasteiger charge is -2.13. The average Bonchev–Trinajstić information content (AvgIpc) is 3.15. The highest BCUT2D eigenvalue weighted by Crippen LogP contribution is 2.42. The molecule has 2 amide bonds. The van der Waals surface area contributed by atoms with Gasteiger partial charge in [0.15, 0.2) is 0 Å². The average molecular weight is 517 g/mol. The van der Waals surface area contributed by atoms with Crippen LogP contribution in [-0.4, -0.2) is 39.7 Å². The van der Waals surface area contributed by atoms with Crippen LogP contribution in [0.2, 0.25) is 0 Å². The molecule has 188 valence electrons. The summed E-state index contributed by atoms with van der Waals surface area (Å²) >= 11 is 1.31. The lowest BCUT2D eigenvalue weighted by Crippen LogP contribution is -2.17. The summed E-state index contributed by atoms with van der Waals surface area (Å²) in [5.41, 5.74) is 20.7. The maximum absolute atomic E-state index is 12.2. The Morgan fingerprint density at radius 2 is 1.89 bits per heavy atom. The largest absolute Gasteiger partial charge is 0.491 e. The number of hydrogen-bond donors (Lipinski definition) is 4. The van der Waals surface area contributed by atoms with Crippen molar-refractivity contribution in [3.05, 3.63) is 70.9 Å². The molecule has 0 bridgehead atoms. The number of ether oxygens (including phenoxy) is 1. The molecular weight excluding hydrogens is 492 g/mol. The highest BCUT2D eigenvalue weighted by atomic mass is 32.2. The predicted octanol–water partition coefficient (Wildman–Crippen LogP) is 2.56. The van der Waals surface area contributed by atoms with Crippen molar-refractivity contribution in [2.75, 3.05) is 18.9 Å². The topological polar surface area (TPSA) is 183 Å². The molecule has 0 saturated carbocycles. The van der Waals surface area contributed by atoms with Crippen molar-refractivity contribution in [2.24, 2.45) is 18.5 Å². The van der Waals surface area contributed by atoms with E-state index in [1.54, 1.807) is 49.5 Å². The number of nitrogen functional groups attached to an aromatic ring is 1. The monoisotopic (exact) mass is 516 g/mol. The van der Waals surface area contributed by atoms with Gasteiger partial charge in [-0.3, -0.25) is 9.59 Å². The van der Waals surface area contributed by atoms with Gasteiger partial charge in [0, 0.05) is 23.9 Å². The Morgan fingerprint density at radius 1 is 1.16 bits per heavy atom. The number of hydrogen-bond acceptors (Lipinski definition) is 8. The fraction of sp³-hybridized carbons (Fsp3) is 0.154.